The van der Waals surface area contributed by atoms with Gasteiger partial charge in [0.05, 0.1) is 16.3 Å². The van der Waals surface area contributed by atoms with Crippen LogP contribution in [-0.4, -0.2) is 33.8 Å². The normalized spacial score (nSPS) is 14.5. The Kier molecular flexibility index (Phi) is 6.32. The van der Waals surface area contributed by atoms with Crippen molar-refractivity contribution in [2.75, 3.05) is 6.54 Å². The SMILES string of the molecule is CC(Sc1ccccc1C(=O)NCCc1nc2c(s1)CCCC2)C(=O)O. The van der Waals surface area contributed by atoms with Crippen LogP contribution in [0.5, 0.6) is 0 Å². The molecule has 7 heteroatoms. The van der Waals surface area contributed by atoms with Crippen LogP contribution < -0.4 is 5.32 Å². The van der Waals surface area contributed by atoms with Gasteiger partial charge in [0, 0.05) is 22.7 Å². The summed E-state index contributed by atoms with van der Waals surface area (Å²) in [6.45, 7) is 2.14. The van der Waals surface area contributed by atoms with Crippen LogP contribution in [0, 0.1) is 0 Å². The number of benzene rings is 1. The molecule has 0 fully saturated rings. The quantitative estimate of drug-likeness (QED) is 0.707. The molecule has 1 atom stereocenters. The van der Waals surface area contributed by atoms with Gasteiger partial charge in [-0.3, -0.25) is 9.59 Å². The first-order chi connectivity index (χ1) is 12.5. The van der Waals surface area contributed by atoms with Gasteiger partial charge in [-0.2, -0.15) is 0 Å². The Morgan fingerprint density at radius 2 is 2.08 bits per heavy atom. The van der Waals surface area contributed by atoms with Crippen molar-refractivity contribution in [3.8, 4) is 0 Å². The molecule has 1 aliphatic carbocycles. The van der Waals surface area contributed by atoms with E-state index < -0.39 is 11.2 Å². The summed E-state index contributed by atoms with van der Waals surface area (Å²) in [4.78, 5) is 30.4. The average Bonchev–Trinajstić information content (AvgIpc) is 3.04. The molecule has 0 aliphatic heterocycles. The summed E-state index contributed by atoms with van der Waals surface area (Å²) in [5, 5.41) is 12.5. The summed E-state index contributed by atoms with van der Waals surface area (Å²) in [5.41, 5.74) is 1.76. The van der Waals surface area contributed by atoms with Gasteiger partial charge in [0.15, 0.2) is 0 Å². The molecule has 1 aromatic carbocycles. The van der Waals surface area contributed by atoms with E-state index in [1.165, 1.54) is 35.2 Å². The van der Waals surface area contributed by atoms with E-state index in [4.69, 9.17) is 10.1 Å². The Morgan fingerprint density at radius 3 is 2.85 bits per heavy atom. The minimum absolute atomic E-state index is 0.174. The first-order valence-corrected chi connectivity index (χ1v) is 10.5. The number of carbonyl (C=O) groups excluding carboxylic acids is 1. The van der Waals surface area contributed by atoms with Crippen LogP contribution in [-0.2, 0) is 24.1 Å². The van der Waals surface area contributed by atoms with Gasteiger partial charge in [0.2, 0.25) is 0 Å². The maximum absolute atomic E-state index is 12.5. The molecule has 1 heterocycles. The third-order valence-electron chi connectivity index (χ3n) is 4.30. The number of aromatic nitrogens is 1. The van der Waals surface area contributed by atoms with Crippen LogP contribution in [0.3, 0.4) is 0 Å². The molecule has 1 amide bonds. The number of hydrogen-bond donors (Lipinski definition) is 2. The summed E-state index contributed by atoms with van der Waals surface area (Å²) in [5.74, 6) is -1.06. The standard InChI is InChI=1S/C19H22N2O3S2/c1-12(19(23)24)25-15-8-4-2-6-13(15)18(22)20-11-10-17-21-14-7-3-5-9-16(14)26-17/h2,4,6,8,12H,3,5,7,9-11H2,1H3,(H,20,22)(H,23,24). The third kappa shape index (κ3) is 4.65. The number of aliphatic carboxylic acids is 1. The lowest BCUT2D eigenvalue weighted by atomic mass is 10.0. The van der Waals surface area contributed by atoms with E-state index in [2.05, 4.69) is 5.32 Å². The molecule has 3 rings (SSSR count). The van der Waals surface area contributed by atoms with Crippen molar-refractivity contribution in [2.24, 2.45) is 0 Å². The number of rotatable bonds is 7. The molecule has 138 valence electrons. The topological polar surface area (TPSA) is 79.3 Å². The zero-order chi connectivity index (χ0) is 18.5. The fourth-order valence-corrected chi connectivity index (χ4v) is 4.97. The molecule has 0 spiro atoms. The lowest BCUT2D eigenvalue weighted by Gasteiger charge is -2.11. The van der Waals surface area contributed by atoms with Crippen molar-refractivity contribution in [3.63, 3.8) is 0 Å². The van der Waals surface area contributed by atoms with E-state index in [-0.39, 0.29) is 5.91 Å². The first kappa shape index (κ1) is 18.9. The van der Waals surface area contributed by atoms with Crippen molar-refractivity contribution >= 4 is 35.0 Å². The number of aryl methyl sites for hydroxylation is 2. The second kappa shape index (κ2) is 8.68. The van der Waals surface area contributed by atoms with Crippen molar-refractivity contribution < 1.29 is 14.7 Å². The molecule has 5 nitrogen and oxygen atoms in total. The zero-order valence-electron chi connectivity index (χ0n) is 14.7. The Hall–Kier alpha value is -1.86. The van der Waals surface area contributed by atoms with Gasteiger partial charge < -0.3 is 10.4 Å². The second-order valence-electron chi connectivity index (χ2n) is 6.28. The predicted octanol–water partition coefficient (Wildman–Crippen LogP) is 3.56. The highest BCUT2D eigenvalue weighted by molar-refractivity contribution is 8.00. The smallest absolute Gasteiger partial charge is 0.316 e. The van der Waals surface area contributed by atoms with Gasteiger partial charge in [-0.1, -0.05) is 12.1 Å². The second-order valence-corrected chi connectivity index (χ2v) is 8.84. The molecule has 2 N–H and O–H groups in total. The molecule has 1 aromatic heterocycles. The largest absolute Gasteiger partial charge is 0.480 e. The Morgan fingerprint density at radius 1 is 1.31 bits per heavy atom. The summed E-state index contributed by atoms with van der Waals surface area (Å²) in [7, 11) is 0. The lowest BCUT2D eigenvalue weighted by molar-refractivity contribution is -0.136. The maximum Gasteiger partial charge on any atom is 0.316 e. The van der Waals surface area contributed by atoms with Gasteiger partial charge in [-0.05, 0) is 44.7 Å². The van der Waals surface area contributed by atoms with Crippen LogP contribution in [0.25, 0.3) is 0 Å². The molecule has 26 heavy (non-hydrogen) atoms. The summed E-state index contributed by atoms with van der Waals surface area (Å²) in [6.07, 6.45) is 5.39. The molecule has 0 bridgehead atoms. The number of amides is 1. The number of fused-ring (bicyclic) bond motifs is 1. The number of nitrogens with one attached hydrogen (secondary N) is 1. The number of hydrogen-bond acceptors (Lipinski definition) is 5. The van der Waals surface area contributed by atoms with E-state index in [9.17, 15) is 9.59 Å². The summed E-state index contributed by atoms with van der Waals surface area (Å²) < 4.78 is 0. The van der Waals surface area contributed by atoms with Crippen molar-refractivity contribution in [1.29, 1.82) is 0 Å². The van der Waals surface area contributed by atoms with Crippen LogP contribution in [0.15, 0.2) is 29.2 Å². The lowest BCUT2D eigenvalue weighted by Crippen LogP contribution is -2.26. The molecule has 0 saturated carbocycles. The van der Waals surface area contributed by atoms with Gasteiger partial charge in [-0.15, -0.1) is 23.1 Å². The molecule has 2 aromatic rings. The van der Waals surface area contributed by atoms with Crippen molar-refractivity contribution in [3.05, 3.63) is 45.4 Å². The third-order valence-corrected chi connectivity index (χ3v) is 6.68. The number of carboxylic acid groups (broad SMARTS) is 1. The zero-order valence-corrected chi connectivity index (χ0v) is 16.3. The highest BCUT2D eigenvalue weighted by atomic mass is 32.2. The minimum atomic E-state index is -0.891. The number of thiazole rings is 1. The maximum atomic E-state index is 12.5. The monoisotopic (exact) mass is 390 g/mol. The Labute approximate surface area is 161 Å². The van der Waals surface area contributed by atoms with Gasteiger partial charge in [0.1, 0.15) is 5.25 Å². The van der Waals surface area contributed by atoms with E-state index in [0.717, 1.165) is 24.3 Å². The van der Waals surface area contributed by atoms with E-state index >= 15 is 0 Å². The average molecular weight is 391 g/mol. The molecule has 1 unspecified atom stereocenters. The number of nitrogens with zero attached hydrogens (tertiary/aromatic N) is 1. The van der Waals surface area contributed by atoms with Gasteiger partial charge in [-0.25, -0.2) is 4.98 Å². The van der Waals surface area contributed by atoms with E-state index in [0.29, 0.717) is 17.0 Å². The highest BCUT2D eigenvalue weighted by Crippen LogP contribution is 2.28. The Balaban J connectivity index is 1.58. The van der Waals surface area contributed by atoms with Crippen LogP contribution in [0.2, 0.25) is 0 Å². The van der Waals surface area contributed by atoms with Crippen LogP contribution in [0.1, 0.15) is 45.7 Å². The fraction of sp³-hybridized carbons (Fsp3) is 0.421. The molecule has 1 aliphatic rings. The molecule has 0 radical (unpaired) electrons. The number of thioether (sulfide) groups is 1. The van der Waals surface area contributed by atoms with Crippen molar-refractivity contribution in [2.45, 2.75) is 49.2 Å². The number of carboxylic acids is 1. The summed E-state index contributed by atoms with van der Waals surface area (Å²) in [6, 6.07) is 7.12. The Bertz CT molecular complexity index is 780. The van der Waals surface area contributed by atoms with E-state index in [1.807, 2.05) is 6.07 Å². The minimum Gasteiger partial charge on any atom is -0.480 e. The van der Waals surface area contributed by atoms with Crippen LogP contribution in [0.4, 0.5) is 0 Å². The fourth-order valence-electron chi connectivity index (χ4n) is 2.89. The highest BCUT2D eigenvalue weighted by Gasteiger charge is 2.18. The number of carbonyl (C=O) groups is 2. The first-order valence-electron chi connectivity index (χ1n) is 8.78. The summed E-state index contributed by atoms with van der Waals surface area (Å²) >= 11 is 2.95. The van der Waals surface area contributed by atoms with Crippen molar-refractivity contribution in [1.82, 2.24) is 10.3 Å². The van der Waals surface area contributed by atoms with Gasteiger partial charge in [0.25, 0.3) is 5.91 Å². The molecular formula is C19H22N2O3S2. The molecular weight excluding hydrogens is 368 g/mol. The van der Waals surface area contributed by atoms with Crippen LogP contribution >= 0.6 is 23.1 Å². The van der Waals surface area contributed by atoms with Gasteiger partial charge >= 0.3 is 5.97 Å². The molecule has 0 saturated heterocycles. The predicted molar refractivity (Wildman–Crippen MR) is 104 cm³/mol. The van der Waals surface area contributed by atoms with E-state index in [1.54, 1.807) is 36.5 Å².